The van der Waals surface area contributed by atoms with Gasteiger partial charge in [-0.05, 0) is 0 Å². The maximum absolute atomic E-state index is 10.6. The molecular formula is C4H7N3O2. The fourth-order valence-electron chi connectivity index (χ4n) is 0.637. The van der Waals surface area contributed by atoms with Crippen molar-refractivity contribution in [3.05, 3.63) is 5.53 Å². The van der Waals surface area contributed by atoms with Crippen molar-refractivity contribution < 1.29 is 14.6 Å². The van der Waals surface area contributed by atoms with Gasteiger partial charge in [0.05, 0.1) is 6.42 Å². The average Bonchev–Trinajstić information content (AvgIpc) is 2.15. The second-order valence-corrected chi connectivity index (χ2v) is 1.97. The summed E-state index contributed by atoms with van der Waals surface area (Å²) in [7, 11) is 0. The highest BCUT2D eigenvalue weighted by atomic mass is 16.5. The number of carbonyl (C=O) groups is 1. The number of hydrogen-bond donors (Lipinski definition) is 2. The largest absolute Gasteiger partial charge is 0.506 e. The lowest BCUT2D eigenvalue weighted by molar-refractivity contribution is -0.554. The third kappa shape index (κ3) is 0.787. The Balaban J connectivity index is 2.78. The first-order valence-electron chi connectivity index (χ1n) is 2.56. The molecule has 0 amide bonds. The monoisotopic (exact) mass is 129 g/mol. The van der Waals surface area contributed by atoms with Crippen LogP contribution in [-0.4, -0.2) is 18.2 Å². The normalized spacial score (nSPS) is 34.1. The molecule has 5 heteroatoms. The number of esters is 1. The minimum atomic E-state index is -1.36. The minimum absolute atomic E-state index is 0.267. The van der Waals surface area contributed by atoms with E-state index in [9.17, 15) is 4.79 Å². The molecule has 0 aromatic rings. The number of nitrogens with one attached hydrogen (secondary N) is 1. The van der Waals surface area contributed by atoms with E-state index in [2.05, 4.69) is 4.74 Å². The molecule has 0 saturated carbocycles. The Hall–Kier alpha value is -0.970. The van der Waals surface area contributed by atoms with Gasteiger partial charge in [-0.3, -0.25) is 5.73 Å². The summed E-state index contributed by atoms with van der Waals surface area (Å²) in [5, 5.41) is 1.69. The Morgan fingerprint density at radius 3 is 2.78 bits per heavy atom. The van der Waals surface area contributed by atoms with Gasteiger partial charge in [-0.15, -0.1) is 0 Å². The van der Waals surface area contributed by atoms with E-state index < -0.39 is 11.6 Å². The van der Waals surface area contributed by atoms with Gasteiger partial charge < -0.3 is 15.4 Å². The molecule has 5 nitrogen and oxygen atoms in total. The Morgan fingerprint density at radius 1 is 1.89 bits per heavy atom. The van der Waals surface area contributed by atoms with E-state index in [-0.39, 0.29) is 6.61 Å². The Labute approximate surface area is 51.7 Å². The summed E-state index contributed by atoms with van der Waals surface area (Å²) >= 11 is 0. The summed E-state index contributed by atoms with van der Waals surface area (Å²) in [5.41, 5.74) is 12.2. The zero-order valence-electron chi connectivity index (χ0n) is 4.76. The van der Waals surface area contributed by atoms with E-state index in [1.165, 1.54) is 0 Å². The van der Waals surface area contributed by atoms with E-state index in [1.54, 1.807) is 5.11 Å². The molecule has 1 aliphatic rings. The van der Waals surface area contributed by atoms with Gasteiger partial charge in [0, 0.05) is 0 Å². The first kappa shape index (κ1) is 6.15. The van der Waals surface area contributed by atoms with E-state index in [1.807, 2.05) is 0 Å². The van der Waals surface area contributed by atoms with Crippen molar-refractivity contribution in [1.29, 1.82) is 0 Å². The van der Waals surface area contributed by atoms with E-state index in [0.717, 1.165) is 0 Å². The van der Waals surface area contributed by atoms with Crippen LogP contribution in [0, 0.1) is 0 Å². The fraction of sp³-hybridized carbons (Fsp3) is 0.750. The molecule has 9 heavy (non-hydrogen) atoms. The molecule has 1 fully saturated rings. The van der Waals surface area contributed by atoms with E-state index >= 15 is 0 Å². The Morgan fingerprint density at radius 2 is 2.56 bits per heavy atom. The number of ether oxygens (including phenoxy) is 1. The van der Waals surface area contributed by atoms with Crippen molar-refractivity contribution in [3.8, 4) is 0 Å². The maximum Gasteiger partial charge on any atom is 0.394 e. The van der Waals surface area contributed by atoms with Crippen LogP contribution >= 0.6 is 0 Å². The zero-order chi connectivity index (χ0) is 6.91. The molecule has 1 aliphatic heterocycles. The Bertz CT molecular complexity index is 158. The summed E-state index contributed by atoms with van der Waals surface area (Å²) in [4.78, 5) is 10.6. The second kappa shape index (κ2) is 1.77. The molecule has 1 heterocycles. The van der Waals surface area contributed by atoms with Crippen LogP contribution in [-0.2, 0) is 9.53 Å². The maximum atomic E-state index is 10.6. The number of hydrogen-bond acceptors (Lipinski definition) is 3. The van der Waals surface area contributed by atoms with Crippen LogP contribution in [0.5, 0.6) is 0 Å². The molecule has 0 aromatic heterocycles. The van der Waals surface area contributed by atoms with Crippen molar-refractivity contribution >= 4 is 5.97 Å². The molecular weight excluding hydrogens is 122 g/mol. The van der Waals surface area contributed by atoms with Crippen molar-refractivity contribution in [3.63, 3.8) is 0 Å². The molecule has 1 atom stereocenters. The number of nitrogens with zero attached hydrogens (tertiary/aromatic N) is 1. The predicted octanol–water partition coefficient (Wildman–Crippen LogP) is -2.31. The summed E-state index contributed by atoms with van der Waals surface area (Å²) in [5.74, 6) is -0.606. The lowest BCUT2D eigenvalue weighted by Crippen LogP contribution is -2.87. The van der Waals surface area contributed by atoms with Gasteiger partial charge in [0.1, 0.15) is 6.61 Å². The second-order valence-electron chi connectivity index (χ2n) is 1.97. The lowest BCUT2D eigenvalue weighted by Gasteiger charge is -2.06. The van der Waals surface area contributed by atoms with Crippen LogP contribution in [0.1, 0.15) is 6.42 Å². The van der Waals surface area contributed by atoms with Crippen LogP contribution in [0.2, 0.25) is 0 Å². The highest BCUT2D eigenvalue weighted by Crippen LogP contribution is 2.07. The van der Waals surface area contributed by atoms with Crippen molar-refractivity contribution in [1.82, 2.24) is 0 Å². The van der Waals surface area contributed by atoms with Gasteiger partial charge in [0.2, 0.25) is 0 Å². The quantitative estimate of drug-likeness (QED) is 0.237. The van der Waals surface area contributed by atoms with Crippen molar-refractivity contribution in [2.45, 2.75) is 12.1 Å². The van der Waals surface area contributed by atoms with Gasteiger partial charge in [-0.1, -0.05) is 0 Å². The predicted molar refractivity (Wildman–Crippen MR) is 26.8 cm³/mol. The molecule has 0 radical (unpaired) electrons. The molecule has 1 rings (SSSR count). The number of rotatable bonds is 1. The van der Waals surface area contributed by atoms with E-state index in [0.29, 0.717) is 6.42 Å². The highest BCUT2D eigenvalue weighted by Gasteiger charge is 2.44. The molecule has 0 aliphatic carbocycles. The average molecular weight is 129 g/mol. The van der Waals surface area contributed by atoms with Crippen LogP contribution in [0.25, 0.3) is 5.53 Å². The topological polar surface area (TPSA) is 88.6 Å². The summed E-state index contributed by atoms with van der Waals surface area (Å²) < 4.78 is 4.47. The van der Waals surface area contributed by atoms with E-state index in [4.69, 9.17) is 11.3 Å². The third-order valence-corrected chi connectivity index (χ3v) is 1.29. The van der Waals surface area contributed by atoms with Gasteiger partial charge >= 0.3 is 11.6 Å². The summed E-state index contributed by atoms with van der Waals surface area (Å²) in [6, 6.07) is 0. The third-order valence-electron chi connectivity index (χ3n) is 1.29. The van der Waals surface area contributed by atoms with Crippen molar-refractivity contribution in [2.75, 3.05) is 6.61 Å². The SMILES string of the molecule is [N-]=[NH+]C1(N)CCOC1=O. The lowest BCUT2D eigenvalue weighted by atomic mass is 10.2. The van der Waals surface area contributed by atoms with Gasteiger partial charge in [-0.2, -0.15) is 0 Å². The zero-order valence-corrected chi connectivity index (χ0v) is 4.76. The van der Waals surface area contributed by atoms with Gasteiger partial charge in [0.25, 0.3) is 0 Å². The van der Waals surface area contributed by atoms with Gasteiger partial charge in [-0.25, -0.2) is 4.79 Å². The van der Waals surface area contributed by atoms with Crippen LogP contribution in [0.4, 0.5) is 0 Å². The number of cyclic esters (lactones) is 1. The highest BCUT2D eigenvalue weighted by molar-refractivity contribution is 5.79. The molecule has 0 bridgehead atoms. The summed E-state index contributed by atoms with van der Waals surface area (Å²) in [6.07, 6.45) is 0.308. The van der Waals surface area contributed by atoms with Crippen LogP contribution < -0.4 is 10.8 Å². The smallest absolute Gasteiger partial charge is 0.394 e. The molecule has 50 valence electrons. The van der Waals surface area contributed by atoms with Gasteiger partial charge in [0.15, 0.2) is 0 Å². The molecule has 0 spiro atoms. The molecule has 3 N–H and O–H groups in total. The Kier molecular flexibility index (Phi) is 1.21. The molecule has 1 unspecified atom stereocenters. The fourth-order valence-corrected chi connectivity index (χ4v) is 0.637. The molecule has 0 aromatic carbocycles. The number of nitrogens with two attached hydrogens (primary N) is 1. The number of carbonyl (C=O) groups excluding carboxylic acids is 1. The standard InChI is InChI=1S/C4H7N3O2/c5-4(7-6)1-2-9-3(4)8/h7H,1-2,5H2. The van der Waals surface area contributed by atoms with Crippen LogP contribution in [0.15, 0.2) is 0 Å². The minimum Gasteiger partial charge on any atom is -0.506 e. The first-order chi connectivity index (χ1) is 4.19. The molecule has 1 saturated heterocycles. The first-order valence-corrected chi connectivity index (χ1v) is 2.56. The summed E-state index contributed by atoms with van der Waals surface area (Å²) in [6.45, 7) is 0.267. The van der Waals surface area contributed by atoms with Crippen molar-refractivity contribution in [2.24, 2.45) is 5.73 Å². The van der Waals surface area contributed by atoms with Crippen LogP contribution in [0.3, 0.4) is 0 Å².